The number of benzene rings is 1. The van der Waals surface area contributed by atoms with Crippen LogP contribution in [0.3, 0.4) is 0 Å². The summed E-state index contributed by atoms with van der Waals surface area (Å²) in [6.07, 6.45) is 2.97. The van der Waals surface area contributed by atoms with E-state index >= 15 is 0 Å². The first-order chi connectivity index (χ1) is 14.7. The van der Waals surface area contributed by atoms with Crippen molar-refractivity contribution in [3.8, 4) is 0 Å². The maximum absolute atomic E-state index is 13.9. The Labute approximate surface area is 177 Å². The summed E-state index contributed by atoms with van der Waals surface area (Å²) >= 11 is 0. The lowest BCUT2D eigenvalue weighted by atomic mass is 9.97. The van der Waals surface area contributed by atoms with Gasteiger partial charge in [0.05, 0.1) is 25.8 Å². The van der Waals surface area contributed by atoms with Gasteiger partial charge in [-0.1, -0.05) is 12.2 Å². The van der Waals surface area contributed by atoms with Gasteiger partial charge < -0.3 is 19.3 Å². The van der Waals surface area contributed by atoms with E-state index < -0.39 is 47.5 Å². The van der Waals surface area contributed by atoms with E-state index in [1.807, 2.05) is 0 Å². The van der Waals surface area contributed by atoms with Gasteiger partial charge >= 0.3 is 12.1 Å². The van der Waals surface area contributed by atoms with E-state index in [-0.39, 0.29) is 31.7 Å². The molecule has 2 atom stereocenters. The average Bonchev–Trinajstić information content (AvgIpc) is 2.74. The van der Waals surface area contributed by atoms with E-state index in [0.29, 0.717) is 0 Å². The fraction of sp³-hybridized carbons (Fsp3) is 0.381. The van der Waals surface area contributed by atoms with Gasteiger partial charge in [0.1, 0.15) is 0 Å². The monoisotopic (exact) mass is 440 g/mol. The second-order valence-corrected chi connectivity index (χ2v) is 6.66. The Hall–Kier alpha value is -3.30. The number of carbonyl (C=O) groups is 3. The van der Waals surface area contributed by atoms with Crippen LogP contribution in [-0.2, 0) is 19.1 Å². The Morgan fingerprint density at radius 2 is 1.84 bits per heavy atom. The Bertz CT molecular complexity index is 867. The van der Waals surface area contributed by atoms with Crippen molar-refractivity contribution in [1.82, 2.24) is 9.80 Å². The maximum Gasteiger partial charge on any atom is 0.409 e. The molecule has 0 aliphatic carbocycles. The van der Waals surface area contributed by atoms with Crippen LogP contribution in [0.1, 0.15) is 24.9 Å². The van der Waals surface area contributed by atoms with Crippen molar-refractivity contribution in [3.05, 3.63) is 60.0 Å². The third kappa shape index (κ3) is 5.65. The molecule has 0 N–H and O–H groups in total. The molecule has 0 bridgehead atoms. The molecule has 31 heavy (non-hydrogen) atoms. The molecule has 2 rings (SSSR count). The zero-order valence-corrected chi connectivity index (χ0v) is 17.1. The SMILES string of the molecule is C=CCC(=O)N1C(C=CC(=O)OCC)CN(C(=O)OC)CC1c1cc(F)c(F)c(F)c1. The number of rotatable bonds is 6. The first kappa shape index (κ1) is 24.0. The maximum atomic E-state index is 13.9. The smallest absolute Gasteiger partial charge is 0.409 e. The lowest BCUT2D eigenvalue weighted by molar-refractivity contribution is -0.139. The Morgan fingerprint density at radius 1 is 1.19 bits per heavy atom. The first-order valence-corrected chi connectivity index (χ1v) is 9.47. The van der Waals surface area contributed by atoms with Crippen LogP contribution in [0.5, 0.6) is 0 Å². The van der Waals surface area contributed by atoms with Gasteiger partial charge in [0.2, 0.25) is 5.91 Å². The molecule has 0 spiro atoms. The zero-order valence-electron chi connectivity index (χ0n) is 17.1. The third-order valence-electron chi connectivity index (χ3n) is 4.67. The fourth-order valence-corrected chi connectivity index (χ4v) is 3.35. The topological polar surface area (TPSA) is 76.2 Å². The second kappa shape index (κ2) is 10.6. The van der Waals surface area contributed by atoms with Crippen molar-refractivity contribution >= 4 is 18.0 Å². The summed E-state index contributed by atoms with van der Waals surface area (Å²) in [6, 6.07) is -0.360. The average molecular weight is 440 g/mol. The molecule has 2 unspecified atom stereocenters. The van der Waals surface area contributed by atoms with Crippen LogP contribution in [0.2, 0.25) is 0 Å². The predicted octanol–water partition coefficient (Wildman–Crippen LogP) is 3.12. The fourth-order valence-electron chi connectivity index (χ4n) is 3.35. The zero-order chi connectivity index (χ0) is 23.1. The van der Waals surface area contributed by atoms with Crippen molar-refractivity contribution < 1.29 is 37.0 Å². The van der Waals surface area contributed by atoms with Gasteiger partial charge in [-0.05, 0) is 24.6 Å². The highest BCUT2D eigenvalue weighted by Gasteiger charge is 2.39. The molecular formula is C21H23F3N2O5. The van der Waals surface area contributed by atoms with E-state index in [0.717, 1.165) is 25.3 Å². The number of ether oxygens (including phenoxy) is 2. The molecule has 1 aromatic carbocycles. The molecule has 1 aliphatic rings. The summed E-state index contributed by atoms with van der Waals surface area (Å²) in [5, 5.41) is 0. The van der Waals surface area contributed by atoms with Crippen LogP contribution >= 0.6 is 0 Å². The summed E-state index contributed by atoms with van der Waals surface area (Å²) in [7, 11) is 1.16. The highest BCUT2D eigenvalue weighted by Crippen LogP contribution is 2.32. The van der Waals surface area contributed by atoms with Gasteiger partial charge in [0.25, 0.3) is 0 Å². The molecule has 0 aromatic heterocycles. The van der Waals surface area contributed by atoms with E-state index in [4.69, 9.17) is 9.47 Å². The Balaban J connectivity index is 2.55. The lowest BCUT2D eigenvalue weighted by Crippen LogP contribution is -2.57. The summed E-state index contributed by atoms with van der Waals surface area (Å²) in [5.74, 6) is -5.63. The number of piperazine rings is 1. The quantitative estimate of drug-likeness (QED) is 0.294. The lowest BCUT2D eigenvalue weighted by Gasteiger charge is -2.45. The van der Waals surface area contributed by atoms with Gasteiger partial charge in [-0.3, -0.25) is 4.79 Å². The number of nitrogens with zero attached hydrogens (tertiary/aromatic N) is 2. The standard InChI is InChI=1S/C21H23F3N2O5/c1-4-6-18(27)26-14(7-8-19(28)31-5-2)11-25(21(29)30-3)12-17(26)13-9-15(22)20(24)16(23)10-13/h4,7-10,14,17H,1,5-6,11-12H2,2-3H3. The van der Waals surface area contributed by atoms with Crippen LogP contribution in [0.4, 0.5) is 18.0 Å². The Morgan fingerprint density at radius 3 is 2.39 bits per heavy atom. The van der Waals surface area contributed by atoms with E-state index in [1.54, 1.807) is 6.92 Å². The van der Waals surface area contributed by atoms with E-state index in [1.165, 1.54) is 22.0 Å². The minimum atomic E-state index is -1.65. The molecule has 1 aliphatic heterocycles. The first-order valence-electron chi connectivity index (χ1n) is 9.47. The molecule has 168 valence electrons. The van der Waals surface area contributed by atoms with Crippen molar-refractivity contribution in [1.29, 1.82) is 0 Å². The molecule has 0 saturated carbocycles. The summed E-state index contributed by atoms with van der Waals surface area (Å²) in [6.45, 7) is 5.07. The number of halogens is 3. The van der Waals surface area contributed by atoms with Gasteiger partial charge in [-0.2, -0.15) is 0 Å². The van der Waals surface area contributed by atoms with Crippen LogP contribution in [0.25, 0.3) is 0 Å². The normalized spacial score (nSPS) is 18.7. The number of hydrogen-bond acceptors (Lipinski definition) is 5. The van der Waals surface area contributed by atoms with Gasteiger partial charge in [-0.25, -0.2) is 22.8 Å². The van der Waals surface area contributed by atoms with Crippen LogP contribution in [0, 0.1) is 17.5 Å². The van der Waals surface area contributed by atoms with Gasteiger partial charge in [0.15, 0.2) is 17.5 Å². The predicted molar refractivity (Wildman–Crippen MR) is 104 cm³/mol. The van der Waals surface area contributed by atoms with Crippen LogP contribution < -0.4 is 0 Å². The summed E-state index contributed by atoms with van der Waals surface area (Å²) < 4.78 is 50.9. The number of hydrogen-bond donors (Lipinski definition) is 0. The number of amides is 2. The minimum Gasteiger partial charge on any atom is -0.463 e. The number of carbonyl (C=O) groups excluding carboxylic acids is 3. The highest BCUT2D eigenvalue weighted by molar-refractivity contribution is 5.83. The molecule has 1 saturated heterocycles. The van der Waals surface area contributed by atoms with Crippen molar-refractivity contribution in [2.24, 2.45) is 0 Å². The van der Waals surface area contributed by atoms with Crippen molar-refractivity contribution in [2.75, 3.05) is 26.8 Å². The van der Waals surface area contributed by atoms with E-state index in [9.17, 15) is 27.6 Å². The number of esters is 1. The molecule has 7 nitrogen and oxygen atoms in total. The van der Waals surface area contributed by atoms with Crippen molar-refractivity contribution in [3.63, 3.8) is 0 Å². The molecule has 2 amide bonds. The largest absolute Gasteiger partial charge is 0.463 e. The molecule has 0 radical (unpaired) electrons. The summed E-state index contributed by atoms with van der Waals surface area (Å²) in [4.78, 5) is 39.3. The minimum absolute atomic E-state index is 0.0475. The summed E-state index contributed by atoms with van der Waals surface area (Å²) in [5.41, 5.74) is -0.0584. The third-order valence-corrected chi connectivity index (χ3v) is 4.67. The molecule has 10 heteroatoms. The van der Waals surface area contributed by atoms with Gasteiger partial charge in [-0.15, -0.1) is 6.58 Å². The van der Waals surface area contributed by atoms with E-state index in [2.05, 4.69) is 6.58 Å². The highest BCUT2D eigenvalue weighted by atomic mass is 19.2. The van der Waals surface area contributed by atoms with Crippen LogP contribution in [0.15, 0.2) is 36.9 Å². The molecule has 1 heterocycles. The van der Waals surface area contributed by atoms with Crippen LogP contribution in [-0.4, -0.2) is 60.6 Å². The molecule has 1 aromatic rings. The Kier molecular flexibility index (Phi) is 8.23. The molecular weight excluding hydrogens is 417 g/mol. The second-order valence-electron chi connectivity index (χ2n) is 6.66. The van der Waals surface area contributed by atoms with Gasteiger partial charge in [0, 0.05) is 25.6 Å². The number of methoxy groups -OCH3 is 1. The van der Waals surface area contributed by atoms with Crippen molar-refractivity contribution in [2.45, 2.75) is 25.4 Å². The molecule has 1 fully saturated rings.